The summed E-state index contributed by atoms with van der Waals surface area (Å²) in [5.41, 5.74) is 1.54. The van der Waals surface area contributed by atoms with Crippen molar-refractivity contribution in [2.75, 3.05) is 13.4 Å². The summed E-state index contributed by atoms with van der Waals surface area (Å²) in [4.78, 5) is -0.248. The van der Waals surface area contributed by atoms with E-state index in [-0.39, 0.29) is 4.91 Å². The van der Waals surface area contributed by atoms with Crippen molar-refractivity contribution >= 4 is 15.9 Å². The topological polar surface area (TPSA) is 67.2 Å². The summed E-state index contributed by atoms with van der Waals surface area (Å²) in [5.74, 6) is 0.722. The minimum atomic E-state index is -3.47. The van der Waals surface area contributed by atoms with Crippen LogP contribution in [-0.2, 0) is 9.84 Å². The van der Waals surface area contributed by atoms with Gasteiger partial charge in [-0.3, -0.25) is 0 Å². The molecule has 90 valence electrons. The Hall–Kier alpha value is -1.80. The Kier molecular flexibility index (Phi) is 3.92. The van der Waals surface area contributed by atoms with E-state index in [9.17, 15) is 8.42 Å². The van der Waals surface area contributed by atoms with E-state index in [2.05, 4.69) is 0 Å². The third-order valence-corrected chi connectivity index (χ3v) is 3.23. The highest BCUT2D eigenvalue weighted by atomic mass is 32.2. The zero-order valence-electron chi connectivity index (χ0n) is 9.89. The molecule has 0 aromatic heterocycles. The third kappa shape index (κ3) is 3.33. The summed E-state index contributed by atoms with van der Waals surface area (Å²) < 4.78 is 27.6. The first-order valence-electron chi connectivity index (χ1n) is 4.85. The molecule has 0 aliphatic heterocycles. The van der Waals surface area contributed by atoms with E-state index in [1.54, 1.807) is 31.4 Å². The lowest BCUT2D eigenvalue weighted by Gasteiger charge is -2.05. The number of nitrogens with zero attached hydrogens (tertiary/aromatic N) is 1. The van der Waals surface area contributed by atoms with Gasteiger partial charge < -0.3 is 4.74 Å². The molecule has 0 amide bonds. The Bertz CT molecular complexity index is 595. The van der Waals surface area contributed by atoms with Gasteiger partial charge in [-0.2, -0.15) is 5.26 Å². The molecule has 0 spiro atoms. The van der Waals surface area contributed by atoms with Crippen molar-refractivity contribution < 1.29 is 13.2 Å². The Labute approximate surface area is 101 Å². The molecule has 5 heteroatoms. The third-order valence-electron chi connectivity index (χ3n) is 2.23. The zero-order chi connectivity index (χ0) is 13.1. The van der Waals surface area contributed by atoms with Crippen LogP contribution in [0.3, 0.4) is 0 Å². The lowest BCUT2D eigenvalue weighted by Crippen LogP contribution is -1.98. The Morgan fingerprint density at radius 1 is 1.47 bits per heavy atom. The van der Waals surface area contributed by atoms with Gasteiger partial charge in [0, 0.05) is 6.26 Å². The molecule has 0 saturated carbocycles. The first-order valence-corrected chi connectivity index (χ1v) is 6.74. The average molecular weight is 251 g/mol. The second-order valence-electron chi connectivity index (χ2n) is 3.62. The van der Waals surface area contributed by atoms with Crippen LogP contribution in [0.2, 0.25) is 0 Å². The second kappa shape index (κ2) is 5.02. The minimum absolute atomic E-state index is 0.248. The van der Waals surface area contributed by atoms with Crippen LogP contribution in [-0.4, -0.2) is 21.8 Å². The van der Waals surface area contributed by atoms with Crippen LogP contribution >= 0.6 is 0 Å². The number of allylic oxidation sites excluding steroid dienone is 1. The lowest BCUT2D eigenvalue weighted by molar-refractivity contribution is 0.411. The van der Waals surface area contributed by atoms with Crippen LogP contribution in [0.25, 0.3) is 6.08 Å². The molecule has 0 aliphatic carbocycles. The van der Waals surface area contributed by atoms with Crippen LogP contribution in [0.4, 0.5) is 0 Å². The number of methoxy groups -OCH3 is 1. The molecular formula is C12H13NO3S. The van der Waals surface area contributed by atoms with Gasteiger partial charge in [0.2, 0.25) is 0 Å². The number of ether oxygens (including phenoxy) is 1. The van der Waals surface area contributed by atoms with Gasteiger partial charge in [0.1, 0.15) is 16.7 Å². The van der Waals surface area contributed by atoms with Gasteiger partial charge in [-0.05, 0) is 36.3 Å². The van der Waals surface area contributed by atoms with E-state index in [4.69, 9.17) is 10.00 Å². The summed E-state index contributed by atoms with van der Waals surface area (Å²) in [6, 6.07) is 6.88. The fourth-order valence-corrected chi connectivity index (χ4v) is 1.88. The monoisotopic (exact) mass is 251 g/mol. The summed E-state index contributed by atoms with van der Waals surface area (Å²) in [6.07, 6.45) is 2.36. The highest BCUT2D eigenvalue weighted by Crippen LogP contribution is 2.20. The second-order valence-corrected chi connectivity index (χ2v) is 5.61. The minimum Gasteiger partial charge on any atom is -0.496 e. The Balaban J connectivity index is 3.24. The van der Waals surface area contributed by atoms with E-state index >= 15 is 0 Å². The molecule has 0 bridgehead atoms. The summed E-state index contributed by atoms with van der Waals surface area (Å²) in [7, 11) is -1.91. The molecule has 0 heterocycles. The average Bonchev–Trinajstić information content (AvgIpc) is 2.24. The molecule has 17 heavy (non-hydrogen) atoms. The van der Waals surface area contributed by atoms with Crippen molar-refractivity contribution in [2.45, 2.75) is 6.92 Å². The van der Waals surface area contributed by atoms with Crippen molar-refractivity contribution in [3.63, 3.8) is 0 Å². The number of hydrogen-bond donors (Lipinski definition) is 0. The maximum absolute atomic E-state index is 11.3. The number of benzene rings is 1. The SMILES string of the molecule is COc1ccc(C=C(C#N)S(C)(=O)=O)cc1C. The number of rotatable bonds is 3. The molecule has 1 aromatic carbocycles. The first kappa shape index (κ1) is 13.3. The smallest absolute Gasteiger partial charge is 0.185 e. The van der Waals surface area contributed by atoms with Crippen molar-refractivity contribution in [3.8, 4) is 11.8 Å². The van der Waals surface area contributed by atoms with Gasteiger partial charge >= 0.3 is 0 Å². The zero-order valence-corrected chi connectivity index (χ0v) is 10.7. The molecule has 4 nitrogen and oxygen atoms in total. The normalized spacial score (nSPS) is 12.0. The standard InChI is InChI=1S/C12H13NO3S/c1-9-6-10(4-5-12(9)16-2)7-11(8-13)17(3,14)15/h4-7H,1-3H3. The van der Waals surface area contributed by atoms with Gasteiger partial charge in [0.05, 0.1) is 7.11 Å². The Morgan fingerprint density at radius 2 is 2.12 bits per heavy atom. The van der Waals surface area contributed by atoms with Crippen molar-refractivity contribution in [1.29, 1.82) is 5.26 Å². The molecule has 0 atom stereocenters. The van der Waals surface area contributed by atoms with Crippen LogP contribution in [0.15, 0.2) is 23.1 Å². The predicted octanol–water partition coefficient (Wildman–Crippen LogP) is 1.91. The predicted molar refractivity (Wildman–Crippen MR) is 66.2 cm³/mol. The van der Waals surface area contributed by atoms with Crippen LogP contribution < -0.4 is 4.74 Å². The first-order chi connectivity index (χ1) is 7.88. The summed E-state index contributed by atoms with van der Waals surface area (Å²) >= 11 is 0. The van der Waals surface area contributed by atoms with Crippen LogP contribution in [0, 0.1) is 18.3 Å². The number of hydrogen-bond acceptors (Lipinski definition) is 4. The van der Waals surface area contributed by atoms with E-state index < -0.39 is 9.84 Å². The highest BCUT2D eigenvalue weighted by Gasteiger charge is 2.10. The molecular weight excluding hydrogens is 238 g/mol. The van der Waals surface area contributed by atoms with Gasteiger partial charge in [-0.1, -0.05) is 6.07 Å². The van der Waals surface area contributed by atoms with Crippen molar-refractivity contribution in [2.24, 2.45) is 0 Å². The molecule has 0 fully saturated rings. The maximum Gasteiger partial charge on any atom is 0.185 e. The number of aryl methyl sites for hydroxylation is 1. The molecule has 0 radical (unpaired) electrons. The maximum atomic E-state index is 11.3. The van der Waals surface area contributed by atoms with Crippen molar-refractivity contribution in [1.82, 2.24) is 0 Å². The molecule has 0 aliphatic rings. The van der Waals surface area contributed by atoms with E-state index in [1.807, 2.05) is 6.92 Å². The van der Waals surface area contributed by atoms with E-state index in [1.165, 1.54) is 6.08 Å². The van der Waals surface area contributed by atoms with Gasteiger partial charge in [0.15, 0.2) is 9.84 Å². The van der Waals surface area contributed by atoms with Crippen LogP contribution in [0.5, 0.6) is 5.75 Å². The largest absolute Gasteiger partial charge is 0.496 e. The van der Waals surface area contributed by atoms with Crippen LogP contribution in [0.1, 0.15) is 11.1 Å². The lowest BCUT2D eigenvalue weighted by atomic mass is 10.1. The quantitative estimate of drug-likeness (QED) is 0.770. The van der Waals surface area contributed by atoms with E-state index in [0.29, 0.717) is 5.56 Å². The van der Waals surface area contributed by atoms with Gasteiger partial charge in [-0.25, -0.2) is 8.42 Å². The fraction of sp³-hybridized carbons (Fsp3) is 0.250. The fourth-order valence-electron chi connectivity index (χ4n) is 1.37. The molecule has 0 unspecified atom stereocenters. The molecule has 0 N–H and O–H groups in total. The van der Waals surface area contributed by atoms with E-state index in [0.717, 1.165) is 17.6 Å². The summed E-state index contributed by atoms with van der Waals surface area (Å²) in [5, 5.41) is 8.77. The van der Waals surface area contributed by atoms with Crippen molar-refractivity contribution in [3.05, 3.63) is 34.2 Å². The number of nitriles is 1. The number of sulfone groups is 1. The molecule has 0 saturated heterocycles. The molecule has 1 aromatic rings. The summed E-state index contributed by atoms with van der Waals surface area (Å²) in [6.45, 7) is 1.85. The molecule has 1 rings (SSSR count). The van der Waals surface area contributed by atoms with Gasteiger partial charge in [0.25, 0.3) is 0 Å². The van der Waals surface area contributed by atoms with Gasteiger partial charge in [-0.15, -0.1) is 0 Å². The Morgan fingerprint density at radius 3 is 2.53 bits per heavy atom. The highest BCUT2D eigenvalue weighted by molar-refractivity contribution is 7.95.